The Morgan fingerprint density at radius 1 is 1.02 bits per heavy atom. The van der Waals surface area contributed by atoms with Crippen molar-refractivity contribution in [2.24, 2.45) is 5.41 Å². The van der Waals surface area contributed by atoms with Crippen molar-refractivity contribution in [1.82, 2.24) is 19.1 Å². The SMILES string of the molecule is CCCc1ccc(Cn2c(Nc3ccc(Oc4ncccc4F)cc3)nc(=O)n(CC(C)(C)C(=O)O)c2=O)cc1. The zero-order chi connectivity index (χ0) is 28.9. The monoisotopic (exact) mass is 547 g/mol. The molecular weight excluding hydrogens is 517 g/mol. The Balaban J connectivity index is 1.68. The highest BCUT2D eigenvalue weighted by Gasteiger charge is 2.30. The summed E-state index contributed by atoms with van der Waals surface area (Å²) in [6.07, 6.45) is 3.34. The van der Waals surface area contributed by atoms with Crippen molar-refractivity contribution >= 4 is 17.6 Å². The first-order valence-electron chi connectivity index (χ1n) is 12.8. The van der Waals surface area contributed by atoms with Crippen molar-refractivity contribution < 1.29 is 19.0 Å². The Bertz CT molecular complexity index is 1610. The van der Waals surface area contributed by atoms with Crippen LogP contribution in [0, 0.1) is 11.2 Å². The van der Waals surface area contributed by atoms with E-state index >= 15 is 0 Å². The normalized spacial score (nSPS) is 11.3. The van der Waals surface area contributed by atoms with E-state index in [-0.39, 0.29) is 24.9 Å². The number of rotatable bonds is 11. The highest BCUT2D eigenvalue weighted by Crippen LogP contribution is 2.24. The van der Waals surface area contributed by atoms with Gasteiger partial charge in [-0.2, -0.15) is 4.98 Å². The molecule has 208 valence electrons. The molecule has 0 amide bonds. The number of anilines is 2. The van der Waals surface area contributed by atoms with E-state index in [4.69, 9.17) is 4.74 Å². The zero-order valence-corrected chi connectivity index (χ0v) is 22.4. The smallest absolute Gasteiger partial charge is 0.354 e. The predicted molar refractivity (Wildman–Crippen MR) is 148 cm³/mol. The second-order valence-electron chi connectivity index (χ2n) is 9.97. The highest BCUT2D eigenvalue weighted by molar-refractivity contribution is 5.73. The third-order valence-electron chi connectivity index (χ3n) is 6.23. The van der Waals surface area contributed by atoms with Gasteiger partial charge in [0.25, 0.3) is 5.88 Å². The van der Waals surface area contributed by atoms with Gasteiger partial charge in [-0.15, -0.1) is 0 Å². The summed E-state index contributed by atoms with van der Waals surface area (Å²) in [5.41, 5.74) is -0.494. The minimum Gasteiger partial charge on any atom is -0.481 e. The summed E-state index contributed by atoms with van der Waals surface area (Å²) in [7, 11) is 0. The molecule has 2 aromatic heterocycles. The third kappa shape index (κ3) is 6.60. The van der Waals surface area contributed by atoms with Gasteiger partial charge in [0.1, 0.15) is 5.75 Å². The van der Waals surface area contributed by atoms with E-state index in [0.29, 0.717) is 11.4 Å². The van der Waals surface area contributed by atoms with Gasteiger partial charge in [-0.3, -0.25) is 9.36 Å². The summed E-state index contributed by atoms with van der Waals surface area (Å²) < 4.78 is 21.5. The standard InChI is InChI=1S/C29H30FN5O5/c1-4-6-19-8-10-20(11-9-19)17-34-26(33-27(38)35(28(34)39)18-29(2,3)25(36)37)32-21-12-14-22(15-13-21)40-24-23(30)7-5-16-31-24/h5,7-16H,4,6,17-18H2,1-3H3,(H,36,37)(H,32,33,38). The molecule has 0 saturated heterocycles. The minimum atomic E-state index is -1.37. The lowest BCUT2D eigenvalue weighted by Gasteiger charge is -2.21. The van der Waals surface area contributed by atoms with Gasteiger partial charge in [0.05, 0.1) is 12.0 Å². The van der Waals surface area contributed by atoms with Crippen molar-refractivity contribution in [3.8, 4) is 11.6 Å². The molecular formula is C29H30FN5O5. The average molecular weight is 548 g/mol. The maximum atomic E-state index is 13.9. The number of benzene rings is 2. The summed E-state index contributed by atoms with van der Waals surface area (Å²) in [5, 5.41) is 12.5. The first-order chi connectivity index (χ1) is 19.1. The van der Waals surface area contributed by atoms with Crippen LogP contribution in [-0.2, 0) is 24.3 Å². The molecule has 4 aromatic rings. The number of nitrogens with one attached hydrogen (secondary N) is 1. The number of carbonyl (C=O) groups is 1. The number of hydrogen-bond donors (Lipinski definition) is 2. The van der Waals surface area contributed by atoms with E-state index in [1.54, 1.807) is 24.3 Å². The number of nitrogens with zero attached hydrogens (tertiary/aromatic N) is 4. The van der Waals surface area contributed by atoms with Crippen LogP contribution in [0.2, 0.25) is 0 Å². The molecule has 0 aliphatic carbocycles. The van der Waals surface area contributed by atoms with Crippen molar-refractivity contribution in [2.45, 2.75) is 46.7 Å². The summed E-state index contributed by atoms with van der Waals surface area (Å²) in [6, 6.07) is 16.8. The van der Waals surface area contributed by atoms with Gasteiger partial charge in [0.15, 0.2) is 5.82 Å². The van der Waals surface area contributed by atoms with Crippen molar-refractivity contribution in [3.05, 3.63) is 105 Å². The molecule has 0 unspecified atom stereocenters. The van der Waals surface area contributed by atoms with Crippen LogP contribution in [0.15, 0.2) is 76.4 Å². The Kier molecular flexibility index (Phi) is 8.42. The molecule has 4 rings (SSSR count). The lowest BCUT2D eigenvalue weighted by molar-refractivity contribution is -0.147. The molecule has 2 aromatic carbocycles. The van der Waals surface area contributed by atoms with Gasteiger partial charge in [0.2, 0.25) is 5.95 Å². The average Bonchev–Trinajstić information content (AvgIpc) is 2.92. The first-order valence-corrected chi connectivity index (χ1v) is 12.8. The summed E-state index contributed by atoms with van der Waals surface area (Å²) in [4.78, 5) is 46.1. The molecule has 10 nitrogen and oxygen atoms in total. The van der Waals surface area contributed by atoms with Crippen LogP contribution < -0.4 is 21.4 Å². The van der Waals surface area contributed by atoms with Gasteiger partial charge in [-0.05, 0) is 67.8 Å². The Morgan fingerprint density at radius 3 is 2.33 bits per heavy atom. The maximum absolute atomic E-state index is 13.9. The largest absolute Gasteiger partial charge is 0.481 e. The number of ether oxygens (including phenoxy) is 1. The van der Waals surface area contributed by atoms with Crippen molar-refractivity contribution in [1.29, 1.82) is 0 Å². The van der Waals surface area contributed by atoms with Gasteiger partial charge in [0, 0.05) is 18.4 Å². The van der Waals surface area contributed by atoms with Crippen LogP contribution >= 0.6 is 0 Å². The number of carboxylic acids is 1. The first kappa shape index (κ1) is 28.2. The van der Waals surface area contributed by atoms with Crippen LogP contribution in [0.4, 0.5) is 16.0 Å². The summed E-state index contributed by atoms with van der Waals surface area (Å²) >= 11 is 0. The van der Waals surface area contributed by atoms with E-state index in [0.717, 1.165) is 28.5 Å². The predicted octanol–water partition coefficient (Wildman–Crippen LogP) is 4.59. The molecule has 11 heteroatoms. The molecule has 0 radical (unpaired) electrons. The number of halogens is 1. The number of aryl methyl sites for hydroxylation is 1. The van der Waals surface area contributed by atoms with Crippen LogP contribution in [0.3, 0.4) is 0 Å². The number of aliphatic carboxylic acids is 1. The van der Waals surface area contributed by atoms with Crippen LogP contribution in [0.1, 0.15) is 38.3 Å². The zero-order valence-electron chi connectivity index (χ0n) is 22.4. The van der Waals surface area contributed by atoms with E-state index in [9.17, 15) is 23.9 Å². The van der Waals surface area contributed by atoms with E-state index < -0.39 is 28.6 Å². The van der Waals surface area contributed by atoms with Crippen LogP contribution in [0.5, 0.6) is 11.6 Å². The number of carboxylic acid groups (broad SMARTS) is 1. The van der Waals surface area contributed by atoms with Gasteiger partial charge >= 0.3 is 17.3 Å². The van der Waals surface area contributed by atoms with Gasteiger partial charge in [-0.1, -0.05) is 37.6 Å². The topological polar surface area (TPSA) is 128 Å². The van der Waals surface area contributed by atoms with Crippen molar-refractivity contribution in [3.63, 3.8) is 0 Å². The van der Waals surface area contributed by atoms with Gasteiger partial charge < -0.3 is 15.2 Å². The van der Waals surface area contributed by atoms with Gasteiger partial charge in [-0.25, -0.2) is 23.5 Å². The second-order valence-corrected chi connectivity index (χ2v) is 9.97. The molecule has 0 saturated carbocycles. The number of hydrogen-bond acceptors (Lipinski definition) is 7. The fourth-order valence-electron chi connectivity index (χ4n) is 3.94. The van der Waals surface area contributed by atoms with E-state index in [2.05, 4.69) is 22.2 Å². The quantitative estimate of drug-likeness (QED) is 0.279. The molecule has 0 aliphatic rings. The molecule has 40 heavy (non-hydrogen) atoms. The Hall–Kier alpha value is -4.80. The maximum Gasteiger partial charge on any atom is 0.354 e. The minimum absolute atomic E-state index is 0.0125. The lowest BCUT2D eigenvalue weighted by Crippen LogP contribution is -2.46. The fraction of sp³-hybridized carbons (Fsp3) is 0.276. The third-order valence-corrected chi connectivity index (χ3v) is 6.23. The molecule has 0 fully saturated rings. The van der Waals surface area contributed by atoms with E-state index in [1.807, 2.05) is 24.3 Å². The number of aromatic nitrogens is 4. The molecule has 0 atom stereocenters. The highest BCUT2D eigenvalue weighted by atomic mass is 19.1. The summed E-state index contributed by atoms with van der Waals surface area (Å²) in [5.74, 6) is -1.61. The molecule has 0 aliphatic heterocycles. The lowest BCUT2D eigenvalue weighted by atomic mass is 9.94. The molecule has 0 spiro atoms. The van der Waals surface area contributed by atoms with Crippen LogP contribution in [-0.4, -0.2) is 30.2 Å². The fourth-order valence-corrected chi connectivity index (χ4v) is 3.94. The van der Waals surface area contributed by atoms with Crippen LogP contribution in [0.25, 0.3) is 0 Å². The molecule has 0 bridgehead atoms. The molecule has 2 N–H and O–H groups in total. The van der Waals surface area contributed by atoms with E-state index in [1.165, 1.54) is 36.7 Å². The summed E-state index contributed by atoms with van der Waals surface area (Å²) in [6.45, 7) is 4.71. The second kappa shape index (κ2) is 11.9. The Morgan fingerprint density at radius 2 is 1.70 bits per heavy atom. The van der Waals surface area contributed by atoms with Crippen molar-refractivity contribution in [2.75, 3.05) is 5.32 Å². The molecule has 2 heterocycles. The number of pyridine rings is 1. The Labute approximate surface area is 229 Å².